The average molecular weight is 358 g/mol. The van der Waals surface area contributed by atoms with Crippen LogP contribution in [0.25, 0.3) is 0 Å². The number of sulfonamides is 1. The summed E-state index contributed by atoms with van der Waals surface area (Å²) in [7, 11) is -2.11. The third-order valence-electron chi connectivity index (χ3n) is 4.30. The molecule has 0 saturated carbocycles. The number of carbonyl (C=O) groups excluding carboxylic acids is 1. The zero-order valence-corrected chi connectivity index (χ0v) is 14.7. The highest BCUT2D eigenvalue weighted by molar-refractivity contribution is 7.89. The molecule has 0 aromatic heterocycles. The first-order valence-corrected chi connectivity index (χ1v) is 9.37. The predicted molar refractivity (Wildman–Crippen MR) is 87.4 cm³/mol. The van der Waals surface area contributed by atoms with Crippen LogP contribution in [-0.4, -0.2) is 52.1 Å². The highest BCUT2D eigenvalue weighted by Gasteiger charge is 2.28. The van der Waals surface area contributed by atoms with Gasteiger partial charge in [-0.3, -0.25) is 4.79 Å². The van der Waals surface area contributed by atoms with Gasteiger partial charge in [0.1, 0.15) is 5.82 Å². The Morgan fingerprint density at radius 2 is 2.04 bits per heavy atom. The number of halogens is 1. The minimum absolute atomic E-state index is 0.00223. The van der Waals surface area contributed by atoms with Crippen LogP contribution in [0.1, 0.15) is 19.8 Å². The maximum absolute atomic E-state index is 12.9. The Bertz CT molecular complexity index is 663. The van der Waals surface area contributed by atoms with Gasteiger partial charge in [0.05, 0.1) is 11.0 Å². The Morgan fingerprint density at radius 1 is 1.38 bits per heavy atom. The lowest BCUT2D eigenvalue weighted by atomic mass is 9.95. The van der Waals surface area contributed by atoms with E-state index >= 15 is 0 Å². The molecule has 8 heteroatoms. The van der Waals surface area contributed by atoms with E-state index in [1.807, 2.05) is 0 Å². The number of rotatable bonds is 6. The quantitative estimate of drug-likeness (QED) is 0.834. The number of amides is 1. The molecule has 0 unspecified atom stereocenters. The number of hydrogen-bond donors (Lipinski definition) is 1. The van der Waals surface area contributed by atoms with E-state index in [0.29, 0.717) is 19.0 Å². The summed E-state index contributed by atoms with van der Waals surface area (Å²) in [5, 5.41) is 0. The van der Waals surface area contributed by atoms with Crippen LogP contribution >= 0.6 is 0 Å². The molecule has 1 N–H and O–H groups in total. The largest absolute Gasteiger partial charge is 0.379 e. The van der Waals surface area contributed by atoms with Crippen LogP contribution in [0.15, 0.2) is 29.2 Å². The van der Waals surface area contributed by atoms with Crippen LogP contribution < -0.4 is 4.72 Å². The molecule has 0 radical (unpaired) electrons. The molecule has 0 spiro atoms. The van der Waals surface area contributed by atoms with Crippen molar-refractivity contribution in [1.29, 1.82) is 0 Å². The number of hydrogen-bond acceptors (Lipinski definition) is 4. The molecule has 6 nitrogen and oxygen atoms in total. The molecule has 1 aliphatic heterocycles. The van der Waals surface area contributed by atoms with E-state index in [4.69, 9.17) is 4.74 Å². The van der Waals surface area contributed by atoms with E-state index in [1.54, 1.807) is 12.0 Å². The predicted octanol–water partition coefficient (Wildman–Crippen LogP) is 1.38. The Kier molecular flexibility index (Phi) is 6.31. The molecule has 1 amide bonds. The van der Waals surface area contributed by atoms with Crippen molar-refractivity contribution in [3.05, 3.63) is 30.1 Å². The highest BCUT2D eigenvalue weighted by atomic mass is 32.2. The van der Waals surface area contributed by atoms with Gasteiger partial charge in [-0.2, -0.15) is 0 Å². The van der Waals surface area contributed by atoms with Gasteiger partial charge in [-0.1, -0.05) is 6.92 Å². The minimum atomic E-state index is -3.74. The van der Waals surface area contributed by atoms with Crippen molar-refractivity contribution in [2.75, 3.05) is 26.7 Å². The van der Waals surface area contributed by atoms with Crippen molar-refractivity contribution < 1.29 is 22.3 Å². The lowest BCUT2D eigenvalue weighted by Gasteiger charge is -2.36. The van der Waals surface area contributed by atoms with Gasteiger partial charge < -0.3 is 9.64 Å². The number of ether oxygens (including phenoxy) is 1. The highest BCUT2D eigenvalue weighted by Crippen LogP contribution is 2.20. The molecule has 1 fully saturated rings. The summed E-state index contributed by atoms with van der Waals surface area (Å²) in [6.45, 7) is 3.28. The lowest BCUT2D eigenvalue weighted by Crippen LogP contribution is -2.47. The minimum Gasteiger partial charge on any atom is -0.379 e. The Labute approximate surface area is 142 Å². The van der Waals surface area contributed by atoms with Gasteiger partial charge in [0.25, 0.3) is 0 Å². The molecule has 2 atom stereocenters. The third-order valence-corrected chi connectivity index (χ3v) is 5.78. The standard InChI is InChI=1S/C16H23FN2O4S/c1-12-8-10-19(11-15(12)23-2)16(20)7-9-18-24(21,22)14-5-3-13(17)4-6-14/h3-6,12,15,18H,7-11H2,1-2H3/t12-,15+/m0/s1. The summed E-state index contributed by atoms with van der Waals surface area (Å²) < 4.78 is 44.7. The molecule has 0 bridgehead atoms. The van der Waals surface area contributed by atoms with E-state index in [2.05, 4.69) is 11.6 Å². The van der Waals surface area contributed by atoms with Crippen molar-refractivity contribution in [3.63, 3.8) is 0 Å². The van der Waals surface area contributed by atoms with Gasteiger partial charge in [-0.05, 0) is 36.6 Å². The van der Waals surface area contributed by atoms with Crippen LogP contribution in [0.4, 0.5) is 4.39 Å². The van der Waals surface area contributed by atoms with Crippen LogP contribution in [-0.2, 0) is 19.6 Å². The molecular formula is C16H23FN2O4S. The number of piperidine rings is 1. The summed E-state index contributed by atoms with van der Waals surface area (Å²) >= 11 is 0. The van der Waals surface area contributed by atoms with Crippen LogP contribution in [0, 0.1) is 11.7 Å². The number of nitrogens with one attached hydrogen (secondary N) is 1. The van der Waals surface area contributed by atoms with Crippen molar-refractivity contribution in [3.8, 4) is 0 Å². The Balaban J connectivity index is 1.85. The summed E-state index contributed by atoms with van der Waals surface area (Å²) in [5.41, 5.74) is 0. The maximum atomic E-state index is 12.9. The van der Waals surface area contributed by atoms with Crippen LogP contribution in [0.2, 0.25) is 0 Å². The molecule has 2 rings (SSSR count). The number of likely N-dealkylation sites (tertiary alicyclic amines) is 1. The van der Waals surface area contributed by atoms with Gasteiger partial charge in [0, 0.05) is 33.2 Å². The summed E-state index contributed by atoms with van der Waals surface area (Å²) in [6.07, 6.45) is 0.954. The van der Waals surface area contributed by atoms with E-state index in [1.165, 1.54) is 12.1 Å². The zero-order valence-electron chi connectivity index (χ0n) is 13.9. The number of benzene rings is 1. The molecule has 134 valence electrons. The fourth-order valence-electron chi connectivity index (χ4n) is 2.71. The van der Waals surface area contributed by atoms with Gasteiger partial charge in [0.15, 0.2) is 0 Å². The number of methoxy groups -OCH3 is 1. The van der Waals surface area contributed by atoms with E-state index in [9.17, 15) is 17.6 Å². The van der Waals surface area contributed by atoms with Crippen molar-refractivity contribution in [2.24, 2.45) is 5.92 Å². The second-order valence-corrected chi connectivity index (χ2v) is 7.75. The first-order chi connectivity index (χ1) is 11.3. The Morgan fingerprint density at radius 3 is 2.67 bits per heavy atom. The van der Waals surface area contributed by atoms with Gasteiger partial charge in [-0.15, -0.1) is 0 Å². The second-order valence-electron chi connectivity index (χ2n) is 5.98. The number of nitrogens with zero attached hydrogens (tertiary/aromatic N) is 1. The summed E-state index contributed by atoms with van der Waals surface area (Å²) in [5.74, 6) is -0.210. The van der Waals surface area contributed by atoms with E-state index in [0.717, 1.165) is 18.6 Å². The van der Waals surface area contributed by atoms with Crippen molar-refractivity contribution in [1.82, 2.24) is 9.62 Å². The topological polar surface area (TPSA) is 75.7 Å². The van der Waals surface area contributed by atoms with Gasteiger partial charge >= 0.3 is 0 Å². The monoisotopic (exact) mass is 358 g/mol. The van der Waals surface area contributed by atoms with Crippen molar-refractivity contribution in [2.45, 2.75) is 30.8 Å². The van der Waals surface area contributed by atoms with Gasteiger partial charge in [-0.25, -0.2) is 17.5 Å². The molecule has 1 aliphatic rings. The third kappa shape index (κ3) is 4.75. The number of carbonyl (C=O) groups is 1. The molecule has 1 aromatic carbocycles. The fourth-order valence-corrected chi connectivity index (χ4v) is 3.75. The first kappa shape index (κ1) is 18.8. The molecule has 1 heterocycles. The fraction of sp³-hybridized carbons (Fsp3) is 0.562. The smallest absolute Gasteiger partial charge is 0.240 e. The Hall–Kier alpha value is -1.51. The zero-order chi connectivity index (χ0) is 17.7. The van der Waals surface area contributed by atoms with Crippen LogP contribution in [0.3, 0.4) is 0 Å². The molecule has 1 aromatic rings. The van der Waals surface area contributed by atoms with Gasteiger partial charge in [0.2, 0.25) is 15.9 Å². The van der Waals surface area contributed by atoms with E-state index in [-0.39, 0.29) is 29.9 Å². The molecule has 0 aliphatic carbocycles. The second kappa shape index (κ2) is 8.04. The lowest BCUT2D eigenvalue weighted by molar-refractivity contribution is -0.136. The SMILES string of the molecule is CO[C@@H]1CN(C(=O)CCNS(=O)(=O)c2ccc(F)cc2)CC[C@@H]1C. The molecular weight excluding hydrogens is 335 g/mol. The average Bonchev–Trinajstić information content (AvgIpc) is 2.55. The summed E-state index contributed by atoms with van der Waals surface area (Å²) in [4.78, 5) is 13.9. The maximum Gasteiger partial charge on any atom is 0.240 e. The molecule has 24 heavy (non-hydrogen) atoms. The first-order valence-electron chi connectivity index (χ1n) is 7.89. The normalized spacial score (nSPS) is 21.7. The van der Waals surface area contributed by atoms with E-state index < -0.39 is 15.8 Å². The van der Waals surface area contributed by atoms with Crippen LogP contribution in [0.5, 0.6) is 0 Å². The van der Waals surface area contributed by atoms with Crippen molar-refractivity contribution >= 4 is 15.9 Å². The summed E-state index contributed by atoms with van der Waals surface area (Å²) in [6, 6.07) is 4.54. The molecule has 1 saturated heterocycles.